The summed E-state index contributed by atoms with van der Waals surface area (Å²) in [7, 11) is -3.91. The fraction of sp³-hybridized carbons (Fsp3) is 0.417. The SMILES string of the molecule is CCCCN(CC(N)=O)c1cccc(S(N)(=O)=O)c1N. The van der Waals surface area contributed by atoms with Crippen molar-refractivity contribution in [2.45, 2.75) is 24.7 Å². The summed E-state index contributed by atoms with van der Waals surface area (Å²) in [5.74, 6) is -0.512. The number of primary amides is 1. The molecule has 0 aromatic heterocycles. The minimum absolute atomic E-state index is 0.0295. The van der Waals surface area contributed by atoms with E-state index in [1.54, 1.807) is 11.0 Å². The van der Waals surface area contributed by atoms with Crippen LogP contribution in [0.15, 0.2) is 23.1 Å². The van der Waals surface area contributed by atoms with Gasteiger partial charge in [-0.1, -0.05) is 19.4 Å². The average Bonchev–Trinajstić information content (AvgIpc) is 2.33. The van der Waals surface area contributed by atoms with Crippen LogP contribution in [-0.2, 0) is 14.8 Å². The largest absolute Gasteiger partial charge is 0.396 e. The van der Waals surface area contributed by atoms with E-state index < -0.39 is 15.9 Å². The molecule has 112 valence electrons. The molecule has 20 heavy (non-hydrogen) atoms. The van der Waals surface area contributed by atoms with Crippen LogP contribution in [0.1, 0.15) is 19.8 Å². The van der Waals surface area contributed by atoms with Gasteiger partial charge in [0.05, 0.1) is 17.9 Å². The highest BCUT2D eigenvalue weighted by atomic mass is 32.2. The van der Waals surface area contributed by atoms with Gasteiger partial charge in [-0.05, 0) is 18.6 Å². The van der Waals surface area contributed by atoms with Crippen molar-refractivity contribution in [1.82, 2.24) is 0 Å². The van der Waals surface area contributed by atoms with Gasteiger partial charge in [-0.3, -0.25) is 4.79 Å². The molecule has 0 spiro atoms. The lowest BCUT2D eigenvalue weighted by Crippen LogP contribution is -2.35. The number of rotatable bonds is 7. The number of sulfonamides is 1. The first-order valence-corrected chi connectivity index (χ1v) is 7.76. The van der Waals surface area contributed by atoms with Crippen molar-refractivity contribution in [3.05, 3.63) is 18.2 Å². The summed E-state index contributed by atoms with van der Waals surface area (Å²) >= 11 is 0. The van der Waals surface area contributed by atoms with E-state index in [0.29, 0.717) is 12.2 Å². The highest BCUT2D eigenvalue weighted by Gasteiger charge is 2.19. The quantitative estimate of drug-likeness (QED) is 0.610. The Labute approximate surface area is 118 Å². The first-order valence-electron chi connectivity index (χ1n) is 6.22. The lowest BCUT2D eigenvalue weighted by atomic mass is 10.2. The highest BCUT2D eigenvalue weighted by molar-refractivity contribution is 7.89. The Bertz CT molecular complexity index is 586. The third-order valence-corrected chi connectivity index (χ3v) is 3.79. The Morgan fingerprint density at radius 1 is 1.35 bits per heavy atom. The van der Waals surface area contributed by atoms with Crippen LogP contribution in [0.2, 0.25) is 0 Å². The fourth-order valence-corrected chi connectivity index (χ4v) is 2.56. The molecular weight excluding hydrogens is 280 g/mol. The van der Waals surface area contributed by atoms with Crippen LogP contribution in [0.25, 0.3) is 0 Å². The van der Waals surface area contributed by atoms with Crippen molar-refractivity contribution in [2.24, 2.45) is 10.9 Å². The maximum Gasteiger partial charge on any atom is 0.240 e. The van der Waals surface area contributed by atoms with E-state index in [0.717, 1.165) is 12.8 Å². The molecule has 7 nitrogen and oxygen atoms in total. The van der Waals surface area contributed by atoms with Gasteiger partial charge in [0.15, 0.2) is 0 Å². The zero-order valence-corrected chi connectivity index (χ0v) is 12.2. The second-order valence-electron chi connectivity index (χ2n) is 4.48. The van der Waals surface area contributed by atoms with Gasteiger partial charge in [-0.25, -0.2) is 13.6 Å². The summed E-state index contributed by atoms with van der Waals surface area (Å²) in [6, 6.07) is 4.50. The number of para-hydroxylation sites is 1. The summed E-state index contributed by atoms with van der Waals surface area (Å²) in [5.41, 5.74) is 11.6. The predicted molar refractivity (Wildman–Crippen MR) is 78.5 cm³/mol. The summed E-state index contributed by atoms with van der Waals surface area (Å²) in [6.07, 6.45) is 1.75. The normalized spacial score (nSPS) is 11.3. The zero-order chi connectivity index (χ0) is 15.3. The van der Waals surface area contributed by atoms with Gasteiger partial charge in [-0.15, -0.1) is 0 Å². The number of hydrogen-bond acceptors (Lipinski definition) is 5. The number of anilines is 2. The van der Waals surface area contributed by atoms with E-state index in [4.69, 9.17) is 16.6 Å². The molecule has 0 unspecified atom stereocenters. The van der Waals surface area contributed by atoms with Crippen LogP contribution in [0.5, 0.6) is 0 Å². The second-order valence-corrected chi connectivity index (χ2v) is 6.01. The lowest BCUT2D eigenvalue weighted by Gasteiger charge is -2.25. The number of amides is 1. The van der Waals surface area contributed by atoms with Crippen molar-refractivity contribution in [1.29, 1.82) is 0 Å². The van der Waals surface area contributed by atoms with Crippen LogP contribution in [0, 0.1) is 0 Å². The number of unbranched alkanes of at least 4 members (excludes halogenated alkanes) is 1. The lowest BCUT2D eigenvalue weighted by molar-refractivity contribution is -0.116. The van der Waals surface area contributed by atoms with Gasteiger partial charge in [0.25, 0.3) is 0 Å². The highest BCUT2D eigenvalue weighted by Crippen LogP contribution is 2.29. The maximum absolute atomic E-state index is 11.5. The van der Waals surface area contributed by atoms with Gasteiger partial charge >= 0.3 is 0 Å². The van der Waals surface area contributed by atoms with E-state index >= 15 is 0 Å². The van der Waals surface area contributed by atoms with Gasteiger partial charge in [0.1, 0.15) is 4.90 Å². The Balaban J connectivity index is 3.23. The molecule has 6 N–H and O–H groups in total. The van der Waals surface area contributed by atoms with E-state index in [9.17, 15) is 13.2 Å². The van der Waals surface area contributed by atoms with Crippen LogP contribution in [0.3, 0.4) is 0 Å². The van der Waals surface area contributed by atoms with Crippen LogP contribution >= 0.6 is 0 Å². The van der Waals surface area contributed by atoms with Gasteiger partial charge < -0.3 is 16.4 Å². The molecule has 0 saturated heterocycles. The van der Waals surface area contributed by atoms with Crippen LogP contribution in [-0.4, -0.2) is 27.4 Å². The van der Waals surface area contributed by atoms with Crippen molar-refractivity contribution in [3.8, 4) is 0 Å². The first kappa shape index (κ1) is 16.3. The summed E-state index contributed by atoms with van der Waals surface area (Å²) in [4.78, 5) is 12.6. The molecule has 0 bridgehead atoms. The summed E-state index contributed by atoms with van der Waals surface area (Å²) in [5, 5.41) is 5.11. The number of primary sulfonamides is 1. The maximum atomic E-state index is 11.5. The molecule has 0 saturated carbocycles. The fourth-order valence-electron chi connectivity index (χ4n) is 1.88. The number of hydrogen-bond donors (Lipinski definition) is 3. The van der Waals surface area contributed by atoms with Gasteiger partial charge in [0, 0.05) is 6.54 Å². The molecule has 0 radical (unpaired) electrons. The molecule has 1 aromatic carbocycles. The number of benzene rings is 1. The molecule has 8 heteroatoms. The Morgan fingerprint density at radius 2 is 2.00 bits per heavy atom. The Hall–Kier alpha value is -1.80. The van der Waals surface area contributed by atoms with Crippen molar-refractivity contribution in [2.75, 3.05) is 23.7 Å². The third-order valence-electron chi connectivity index (χ3n) is 2.82. The van der Waals surface area contributed by atoms with Crippen LogP contribution in [0.4, 0.5) is 11.4 Å². The number of nitrogens with two attached hydrogens (primary N) is 3. The van der Waals surface area contributed by atoms with Crippen molar-refractivity contribution in [3.63, 3.8) is 0 Å². The number of carbonyl (C=O) groups excluding carboxylic acids is 1. The minimum Gasteiger partial charge on any atom is -0.396 e. The Morgan fingerprint density at radius 3 is 2.50 bits per heavy atom. The third kappa shape index (κ3) is 4.10. The standard InChI is InChI=1S/C12H20N4O3S/c1-2-3-7-16(8-11(13)17)9-5-4-6-10(12(9)14)20(15,18)19/h4-6H,2-3,7-8,14H2,1H3,(H2,13,17)(H2,15,18,19). The van der Waals surface area contributed by atoms with E-state index in [2.05, 4.69) is 0 Å². The van der Waals surface area contributed by atoms with Crippen molar-refractivity contribution >= 4 is 27.3 Å². The molecular formula is C12H20N4O3S. The van der Waals surface area contributed by atoms with Crippen molar-refractivity contribution < 1.29 is 13.2 Å². The summed E-state index contributed by atoms with van der Waals surface area (Å²) < 4.78 is 22.9. The molecule has 1 rings (SSSR count). The molecule has 0 heterocycles. The smallest absolute Gasteiger partial charge is 0.240 e. The molecule has 1 amide bonds. The monoisotopic (exact) mass is 300 g/mol. The number of carbonyl (C=O) groups is 1. The molecule has 0 aliphatic carbocycles. The first-order chi connectivity index (χ1) is 9.27. The summed E-state index contributed by atoms with van der Waals surface area (Å²) in [6.45, 7) is 2.53. The van der Waals surface area contributed by atoms with Gasteiger partial charge in [-0.2, -0.15) is 0 Å². The predicted octanol–water partition coefficient (Wildman–Crippen LogP) is 0.00800. The average molecular weight is 300 g/mol. The molecule has 0 aliphatic heterocycles. The Kier molecular flexibility index (Phi) is 5.34. The molecule has 1 aromatic rings. The zero-order valence-electron chi connectivity index (χ0n) is 11.4. The van der Waals surface area contributed by atoms with Gasteiger partial charge in [0.2, 0.25) is 15.9 Å². The van der Waals surface area contributed by atoms with E-state index in [-0.39, 0.29) is 17.1 Å². The second kappa shape index (κ2) is 6.58. The van der Waals surface area contributed by atoms with E-state index in [1.165, 1.54) is 12.1 Å². The molecule has 0 atom stereocenters. The minimum atomic E-state index is -3.91. The number of nitrogens with zero attached hydrogens (tertiary/aromatic N) is 1. The molecule has 0 fully saturated rings. The van der Waals surface area contributed by atoms with Crippen LogP contribution < -0.4 is 21.5 Å². The topological polar surface area (TPSA) is 133 Å². The van der Waals surface area contributed by atoms with E-state index in [1.807, 2.05) is 6.92 Å². The molecule has 0 aliphatic rings. The number of nitrogen functional groups attached to an aromatic ring is 1.